The molecule has 0 saturated heterocycles. The Bertz CT molecular complexity index is 544. The van der Waals surface area contributed by atoms with Crippen molar-refractivity contribution in [2.75, 3.05) is 0 Å². The lowest BCUT2D eigenvalue weighted by Crippen LogP contribution is -2.16. The summed E-state index contributed by atoms with van der Waals surface area (Å²) in [4.78, 5) is 4.73. The molecule has 0 aromatic carbocycles. The summed E-state index contributed by atoms with van der Waals surface area (Å²) in [5, 5.41) is 0.777. The number of hydrogen-bond acceptors (Lipinski definition) is 1. The van der Waals surface area contributed by atoms with E-state index in [0.717, 1.165) is 23.0 Å². The van der Waals surface area contributed by atoms with Crippen molar-refractivity contribution in [2.45, 2.75) is 32.6 Å². The Hall–Kier alpha value is -1.02. The molecule has 16 heavy (non-hydrogen) atoms. The van der Waals surface area contributed by atoms with Gasteiger partial charge in [-0.1, -0.05) is 25.4 Å². The van der Waals surface area contributed by atoms with Crippen molar-refractivity contribution in [1.29, 1.82) is 0 Å². The Labute approximate surface area is 100 Å². The maximum absolute atomic E-state index is 6.03. The van der Waals surface area contributed by atoms with Gasteiger partial charge in [0, 0.05) is 17.8 Å². The summed E-state index contributed by atoms with van der Waals surface area (Å²) >= 11 is 6.03. The normalized spacial score (nSPS) is 24.7. The Balaban J connectivity index is 2.26. The van der Waals surface area contributed by atoms with Crippen LogP contribution in [0.3, 0.4) is 0 Å². The molecular formula is C13H15ClN2. The predicted molar refractivity (Wildman–Crippen MR) is 66.1 cm³/mol. The number of rotatable bonds is 0. The Kier molecular flexibility index (Phi) is 2.21. The number of halogens is 1. The third-order valence-corrected chi connectivity index (χ3v) is 4.06. The fourth-order valence-corrected chi connectivity index (χ4v) is 2.74. The molecule has 2 aromatic heterocycles. The fourth-order valence-electron chi connectivity index (χ4n) is 2.58. The summed E-state index contributed by atoms with van der Waals surface area (Å²) in [6.07, 6.45) is 4.34. The number of nitrogens with zero attached hydrogens (tertiary/aromatic N) is 2. The highest BCUT2D eigenvalue weighted by Gasteiger charge is 2.27. The molecule has 0 radical (unpaired) electrons. The van der Waals surface area contributed by atoms with Crippen LogP contribution < -0.4 is 0 Å². The summed E-state index contributed by atoms with van der Waals surface area (Å²) in [5.74, 6) is 1.29. The molecule has 2 nitrogen and oxygen atoms in total. The number of pyridine rings is 1. The number of aryl methyl sites for hydroxylation is 1. The van der Waals surface area contributed by atoms with Crippen LogP contribution in [0.1, 0.15) is 37.6 Å². The third-order valence-electron chi connectivity index (χ3n) is 3.83. The average molecular weight is 235 g/mol. The Morgan fingerprint density at radius 3 is 3.00 bits per heavy atom. The van der Waals surface area contributed by atoms with E-state index in [1.165, 1.54) is 17.8 Å². The lowest BCUT2D eigenvalue weighted by atomic mass is 9.82. The van der Waals surface area contributed by atoms with Crippen molar-refractivity contribution in [3.63, 3.8) is 0 Å². The van der Waals surface area contributed by atoms with Crippen molar-refractivity contribution in [3.8, 4) is 0 Å². The number of aromatic nitrogens is 2. The second-order valence-electron chi connectivity index (χ2n) is 4.82. The van der Waals surface area contributed by atoms with Crippen LogP contribution in [0, 0.1) is 5.92 Å². The van der Waals surface area contributed by atoms with Crippen LogP contribution in [0.15, 0.2) is 18.3 Å². The van der Waals surface area contributed by atoms with E-state index in [1.54, 1.807) is 0 Å². The molecule has 0 fully saturated rings. The molecule has 0 amide bonds. The fraction of sp³-hybridized carbons (Fsp3) is 0.462. The summed E-state index contributed by atoms with van der Waals surface area (Å²) in [6.45, 7) is 4.58. The van der Waals surface area contributed by atoms with E-state index in [4.69, 9.17) is 16.6 Å². The highest BCUT2D eigenvalue weighted by atomic mass is 35.5. The van der Waals surface area contributed by atoms with Gasteiger partial charge in [-0.15, -0.1) is 0 Å². The zero-order valence-corrected chi connectivity index (χ0v) is 10.3. The average Bonchev–Trinajstić information content (AvgIpc) is 2.62. The first kappa shape index (κ1) is 10.2. The largest absolute Gasteiger partial charge is 0.302 e. The first-order valence-corrected chi connectivity index (χ1v) is 6.21. The maximum atomic E-state index is 6.03. The lowest BCUT2D eigenvalue weighted by molar-refractivity contribution is 0.415. The zero-order chi connectivity index (χ0) is 11.3. The SMILES string of the molecule is CC1CCc2c(nc3ccc(Cl)cn23)C1C. The monoisotopic (exact) mass is 234 g/mol. The molecule has 2 heterocycles. The molecule has 3 heteroatoms. The van der Waals surface area contributed by atoms with Gasteiger partial charge in [-0.05, 0) is 30.9 Å². The minimum Gasteiger partial charge on any atom is -0.302 e. The van der Waals surface area contributed by atoms with Gasteiger partial charge >= 0.3 is 0 Å². The van der Waals surface area contributed by atoms with E-state index in [9.17, 15) is 0 Å². The van der Waals surface area contributed by atoms with Crippen LogP contribution >= 0.6 is 11.6 Å². The number of imidazole rings is 1. The summed E-state index contributed by atoms with van der Waals surface area (Å²) in [7, 11) is 0. The van der Waals surface area contributed by atoms with E-state index in [1.807, 2.05) is 18.3 Å². The van der Waals surface area contributed by atoms with Crippen molar-refractivity contribution in [1.82, 2.24) is 9.38 Å². The van der Waals surface area contributed by atoms with Crippen LogP contribution in [0.2, 0.25) is 5.02 Å². The molecule has 0 spiro atoms. The van der Waals surface area contributed by atoms with Gasteiger partial charge in [0.15, 0.2) is 0 Å². The van der Waals surface area contributed by atoms with Gasteiger partial charge in [-0.3, -0.25) is 0 Å². The summed E-state index contributed by atoms with van der Waals surface area (Å²) < 4.78 is 2.15. The Morgan fingerprint density at radius 2 is 2.19 bits per heavy atom. The van der Waals surface area contributed by atoms with Gasteiger partial charge in [-0.2, -0.15) is 0 Å². The third kappa shape index (κ3) is 1.36. The molecule has 0 aliphatic heterocycles. The van der Waals surface area contributed by atoms with E-state index in [-0.39, 0.29) is 0 Å². The van der Waals surface area contributed by atoms with Crippen molar-refractivity contribution in [2.24, 2.45) is 5.92 Å². The van der Waals surface area contributed by atoms with Gasteiger partial charge in [-0.25, -0.2) is 4.98 Å². The highest BCUT2D eigenvalue weighted by molar-refractivity contribution is 6.30. The van der Waals surface area contributed by atoms with Gasteiger partial charge in [0.25, 0.3) is 0 Å². The molecule has 84 valence electrons. The zero-order valence-electron chi connectivity index (χ0n) is 9.57. The number of hydrogen-bond donors (Lipinski definition) is 0. The molecule has 2 aromatic rings. The molecule has 2 unspecified atom stereocenters. The van der Waals surface area contributed by atoms with Gasteiger partial charge < -0.3 is 4.40 Å². The first-order chi connectivity index (χ1) is 7.66. The van der Waals surface area contributed by atoms with Crippen LogP contribution in [0.5, 0.6) is 0 Å². The predicted octanol–water partition coefficient (Wildman–Crippen LogP) is 3.67. The van der Waals surface area contributed by atoms with E-state index in [2.05, 4.69) is 18.2 Å². The molecule has 0 saturated carbocycles. The molecule has 3 rings (SSSR count). The maximum Gasteiger partial charge on any atom is 0.137 e. The van der Waals surface area contributed by atoms with E-state index < -0.39 is 0 Å². The van der Waals surface area contributed by atoms with Gasteiger partial charge in [0.05, 0.1) is 10.7 Å². The van der Waals surface area contributed by atoms with Crippen molar-refractivity contribution in [3.05, 3.63) is 34.7 Å². The smallest absolute Gasteiger partial charge is 0.137 e. The van der Waals surface area contributed by atoms with Crippen LogP contribution in [0.25, 0.3) is 5.65 Å². The van der Waals surface area contributed by atoms with E-state index >= 15 is 0 Å². The molecule has 1 aliphatic carbocycles. The van der Waals surface area contributed by atoms with Gasteiger partial charge in [0.1, 0.15) is 5.65 Å². The molecule has 2 atom stereocenters. The Morgan fingerprint density at radius 1 is 1.38 bits per heavy atom. The number of fused-ring (bicyclic) bond motifs is 3. The van der Waals surface area contributed by atoms with Gasteiger partial charge in [0.2, 0.25) is 0 Å². The highest BCUT2D eigenvalue weighted by Crippen LogP contribution is 2.35. The standard InChI is InChI=1S/C13H15ClN2/c1-8-3-5-11-13(9(8)2)15-12-6-4-10(14)7-16(11)12/h4,6-9H,3,5H2,1-2H3. The minimum absolute atomic E-state index is 0.558. The first-order valence-electron chi connectivity index (χ1n) is 5.83. The van der Waals surface area contributed by atoms with E-state index in [0.29, 0.717) is 5.92 Å². The topological polar surface area (TPSA) is 17.3 Å². The lowest BCUT2D eigenvalue weighted by Gasteiger charge is -2.24. The molecule has 0 bridgehead atoms. The second kappa shape index (κ2) is 3.49. The minimum atomic E-state index is 0.558. The van der Waals surface area contributed by atoms with Crippen LogP contribution in [0.4, 0.5) is 0 Å². The molecule has 0 N–H and O–H groups in total. The van der Waals surface area contributed by atoms with Crippen LogP contribution in [-0.2, 0) is 6.42 Å². The van der Waals surface area contributed by atoms with Crippen molar-refractivity contribution >= 4 is 17.2 Å². The van der Waals surface area contributed by atoms with Crippen molar-refractivity contribution < 1.29 is 0 Å². The van der Waals surface area contributed by atoms with Crippen LogP contribution in [-0.4, -0.2) is 9.38 Å². The molecule has 1 aliphatic rings. The second-order valence-corrected chi connectivity index (χ2v) is 5.26. The summed E-state index contributed by atoms with van der Waals surface area (Å²) in [6, 6.07) is 3.90. The quantitative estimate of drug-likeness (QED) is 0.680. The molecular weight excluding hydrogens is 220 g/mol. The summed E-state index contributed by atoms with van der Waals surface area (Å²) in [5.41, 5.74) is 3.64.